The van der Waals surface area contributed by atoms with Gasteiger partial charge in [-0.25, -0.2) is 0 Å². The lowest BCUT2D eigenvalue weighted by atomic mass is 10.2. The minimum atomic E-state index is 0.201. The Labute approximate surface area is 107 Å². The van der Waals surface area contributed by atoms with Gasteiger partial charge in [0, 0.05) is 39.8 Å². The number of hydrogen-bond acceptors (Lipinski definition) is 3. The molecule has 1 aliphatic rings. The lowest BCUT2D eigenvalue weighted by Crippen LogP contribution is -2.53. The van der Waals surface area contributed by atoms with Crippen molar-refractivity contribution in [1.82, 2.24) is 14.7 Å². The van der Waals surface area contributed by atoms with Crippen LogP contribution in [-0.2, 0) is 4.79 Å². The predicted molar refractivity (Wildman–Crippen MR) is 73.2 cm³/mol. The van der Waals surface area contributed by atoms with Gasteiger partial charge >= 0.3 is 0 Å². The molecule has 1 rings (SSSR count). The van der Waals surface area contributed by atoms with E-state index < -0.39 is 0 Å². The Hall–Kier alpha value is -0.610. The Morgan fingerprint density at radius 2 is 1.88 bits per heavy atom. The quantitative estimate of drug-likeness (QED) is 0.743. The first-order chi connectivity index (χ1) is 8.04. The first-order valence-electron chi connectivity index (χ1n) is 6.71. The number of likely N-dealkylation sites (N-methyl/N-ethyl adjacent to an activating group) is 2. The van der Waals surface area contributed by atoms with Gasteiger partial charge in [-0.15, -0.1) is 0 Å². The number of carbonyl (C=O) groups excluding carboxylic acids is 1. The van der Waals surface area contributed by atoms with Crippen molar-refractivity contribution in [1.29, 1.82) is 0 Å². The lowest BCUT2D eigenvalue weighted by molar-refractivity contribution is -0.130. The highest BCUT2D eigenvalue weighted by Gasteiger charge is 2.23. The molecule has 0 bridgehead atoms. The van der Waals surface area contributed by atoms with Crippen molar-refractivity contribution >= 4 is 5.91 Å². The Bertz CT molecular complexity index is 219. The summed E-state index contributed by atoms with van der Waals surface area (Å²) in [5.74, 6) is 0.201. The lowest BCUT2D eigenvalue weighted by Gasteiger charge is -2.39. The zero-order valence-electron chi connectivity index (χ0n) is 12.4. The van der Waals surface area contributed by atoms with Crippen LogP contribution >= 0.6 is 0 Å². The van der Waals surface area contributed by atoms with E-state index in [-0.39, 0.29) is 5.91 Å². The second-order valence-electron chi connectivity index (χ2n) is 4.50. The topological polar surface area (TPSA) is 26.8 Å². The van der Waals surface area contributed by atoms with Gasteiger partial charge in [0.15, 0.2) is 0 Å². The molecule has 0 N–H and O–H groups in total. The van der Waals surface area contributed by atoms with Crippen LogP contribution < -0.4 is 0 Å². The van der Waals surface area contributed by atoms with E-state index in [9.17, 15) is 4.79 Å². The molecule has 1 fully saturated rings. The molecule has 0 saturated carbocycles. The molecular formula is C13H29N3O. The average molecular weight is 243 g/mol. The van der Waals surface area contributed by atoms with E-state index >= 15 is 0 Å². The smallest absolute Gasteiger partial charge is 0.236 e. The molecule has 0 aliphatic carbocycles. The van der Waals surface area contributed by atoms with E-state index in [1.54, 1.807) is 4.90 Å². The zero-order chi connectivity index (χ0) is 13.4. The molecule has 0 aromatic rings. The zero-order valence-corrected chi connectivity index (χ0v) is 12.4. The number of carbonyl (C=O) groups is 1. The fourth-order valence-corrected chi connectivity index (χ4v) is 2.02. The van der Waals surface area contributed by atoms with Crippen LogP contribution in [0.1, 0.15) is 27.7 Å². The maximum absolute atomic E-state index is 11.5. The SMILES string of the molecule is CC.CCN1CCN(CC(=O)N(C)C)CC1C. The molecular weight excluding hydrogens is 214 g/mol. The molecule has 1 heterocycles. The minimum Gasteiger partial charge on any atom is -0.348 e. The number of hydrogen-bond donors (Lipinski definition) is 0. The highest BCUT2D eigenvalue weighted by molar-refractivity contribution is 5.77. The van der Waals surface area contributed by atoms with Crippen molar-refractivity contribution < 1.29 is 4.79 Å². The molecule has 1 aliphatic heterocycles. The number of rotatable bonds is 3. The van der Waals surface area contributed by atoms with Crippen LogP contribution in [0.4, 0.5) is 0 Å². The summed E-state index contributed by atoms with van der Waals surface area (Å²) < 4.78 is 0. The van der Waals surface area contributed by atoms with E-state index in [1.165, 1.54) is 0 Å². The van der Waals surface area contributed by atoms with Gasteiger partial charge < -0.3 is 4.90 Å². The highest BCUT2D eigenvalue weighted by atomic mass is 16.2. The van der Waals surface area contributed by atoms with Gasteiger partial charge in [-0.1, -0.05) is 20.8 Å². The van der Waals surface area contributed by atoms with Crippen molar-refractivity contribution in [2.24, 2.45) is 0 Å². The predicted octanol–water partition coefficient (Wildman–Crippen LogP) is 1.13. The Kier molecular flexibility index (Phi) is 8.17. The van der Waals surface area contributed by atoms with Crippen molar-refractivity contribution in [3.8, 4) is 0 Å². The number of nitrogens with zero attached hydrogens (tertiary/aromatic N) is 3. The molecule has 1 amide bonds. The molecule has 0 aromatic heterocycles. The van der Waals surface area contributed by atoms with Gasteiger partial charge in [0.2, 0.25) is 5.91 Å². The third-order valence-corrected chi connectivity index (χ3v) is 3.11. The van der Waals surface area contributed by atoms with Crippen molar-refractivity contribution in [2.75, 3.05) is 46.8 Å². The second-order valence-corrected chi connectivity index (χ2v) is 4.50. The van der Waals surface area contributed by atoms with Crippen LogP contribution in [0.25, 0.3) is 0 Å². The van der Waals surface area contributed by atoms with Gasteiger partial charge in [0.1, 0.15) is 0 Å². The molecule has 0 radical (unpaired) electrons. The van der Waals surface area contributed by atoms with Gasteiger partial charge in [-0.05, 0) is 13.5 Å². The summed E-state index contributed by atoms with van der Waals surface area (Å²) in [7, 11) is 3.63. The van der Waals surface area contributed by atoms with Gasteiger partial charge in [0.25, 0.3) is 0 Å². The van der Waals surface area contributed by atoms with Crippen molar-refractivity contribution in [3.63, 3.8) is 0 Å². The van der Waals surface area contributed by atoms with Crippen LogP contribution in [0.2, 0.25) is 0 Å². The minimum absolute atomic E-state index is 0.201. The summed E-state index contributed by atoms with van der Waals surface area (Å²) in [6.45, 7) is 13.2. The largest absolute Gasteiger partial charge is 0.348 e. The number of piperazine rings is 1. The second kappa shape index (κ2) is 8.48. The van der Waals surface area contributed by atoms with Crippen LogP contribution in [0.5, 0.6) is 0 Å². The summed E-state index contributed by atoms with van der Waals surface area (Å²) >= 11 is 0. The third kappa shape index (κ3) is 5.50. The summed E-state index contributed by atoms with van der Waals surface area (Å²) in [5, 5.41) is 0. The first-order valence-corrected chi connectivity index (χ1v) is 6.71. The highest BCUT2D eigenvalue weighted by Crippen LogP contribution is 2.08. The van der Waals surface area contributed by atoms with E-state index in [2.05, 4.69) is 23.6 Å². The summed E-state index contributed by atoms with van der Waals surface area (Å²) in [6, 6.07) is 0.568. The van der Waals surface area contributed by atoms with Gasteiger partial charge in [0.05, 0.1) is 6.54 Å². The Morgan fingerprint density at radius 1 is 1.29 bits per heavy atom. The molecule has 4 heteroatoms. The van der Waals surface area contributed by atoms with Crippen LogP contribution in [0.15, 0.2) is 0 Å². The molecule has 1 atom stereocenters. The van der Waals surface area contributed by atoms with Crippen LogP contribution in [-0.4, -0.2) is 73.5 Å². The van der Waals surface area contributed by atoms with Crippen LogP contribution in [0.3, 0.4) is 0 Å². The van der Waals surface area contributed by atoms with E-state index in [1.807, 2.05) is 27.9 Å². The van der Waals surface area contributed by atoms with E-state index in [4.69, 9.17) is 0 Å². The van der Waals surface area contributed by atoms with E-state index in [0.717, 1.165) is 26.2 Å². The maximum Gasteiger partial charge on any atom is 0.236 e. The molecule has 102 valence electrons. The maximum atomic E-state index is 11.5. The Morgan fingerprint density at radius 3 is 2.29 bits per heavy atom. The molecule has 1 saturated heterocycles. The molecule has 17 heavy (non-hydrogen) atoms. The van der Waals surface area contributed by atoms with Gasteiger partial charge in [-0.2, -0.15) is 0 Å². The Balaban J connectivity index is 0.00000121. The summed E-state index contributed by atoms with van der Waals surface area (Å²) in [6.07, 6.45) is 0. The monoisotopic (exact) mass is 243 g/mol. The third-order valence-electron chi connectivity index (χ3n) is 3.11. The molecule has 0 spiro atoms. The molecule has 1 unspecified atom stereocenters. The summed E-state index contributed by atoms with van der Waals surface area (Å²) in [5.41, 5.74) is 0. The van der Waals surface area contributed by atoms with Gasteiger partial charge in [-0.3, -0.25) is 14.6 Å². The summed E-state index contributed by atoms with van der Waals surface area (Å²) in [4.78, 5) is 17.9. The molecule has 0 aromatic carbocycles. The van der Waals surface area contributed by atoms with E-state index in [0.29, 0.717) is 12.6 Å². The fraction of sp³-hybridized carbons (Fsp3) is 0.923. The molecule has 4 nitrogen and oxygen atoms in total. The normalized spacial score (nSPS) is 21.6. The van der Waals surface area contributed by atoms with Crippen molar-refractivity contribution in [2.45, 2.75) is 33.7 Å². The van der Waals surface area contributed by atoms with Crippen LogP contribution in [0, 0.1) is 0 Å². The average Bonchev–Trinajstić information content (AvgIpc) is 2.31. The fourth-order valence-electron chi connectivity index (χ4n) is 2.02. The van der Waals surface area contributed by atoms with Crippen molar-refractivity contribution in [3.05, 3.63) is 0 Å². The standard InChI is InChI=1S/C11H23N3O.C2H6/c1-5-14-7-6-13(8-10(14)2)9-11(15)12(3)4;1-2/h10H,5-9H2,1-4H3;1-2H3. The number of amides is 1. The first kappa shape index (κ1) is 16.4.